The Bertz CT molecular complexity index is 969. The van der Waals surface area contributed by atoms with E-state index >= 15 is 0 Å². The van der Waals surface area contributed by atoms with E-state index < -0.39 is 12.1 Å². The fourth-order valence-corrected chi connectivity index (χ4v) is 3.40. The number of tetrazole rings is 1. The van der Waals surface area contributed by atoms with Gasteiger partial charge in [0, 0.05) is 18.7 Å². The Kier molecular flexibility index (Phi) is 5.60. The third-order valence-electron chi connectivity index (χ3n) is 4.91. The normalized spacial score (nSPS) is 15.0. The molecule has 29 heavy (non-hydrogen) atoms. The van der Waals surface area contributed by atoms with Crippen LogP contribution < -0.4 is 0 Å². The van der Waals surface area contributed by atoms with Gasteiger partial charge < -0.3 is 9.64 Å². The molecule has 0 N–H and O–H groups in total. The zero-order chi connectivity index (χ0) is 20.1. The van der Waals surface area contributed by atoms with Gasteiger partial charge in [-0.15, -0.1) is 5.10 Å². The Labute approximate surface area is 168 Å². The van der Waals surface area contributed by atoms with Crippen LogP contribution in [0.15, 0.2) is 60.9 Å². The van der Waals surface area contributed by atoms with Gasteiger partial charge in [-0.3, -0.25) is 4.79 Å². The van der Waals surface area contributed by atoms with Gasteiger partial charge in [-0.1, -0.05) is 36.4 Å². The molecule has 0 radical (unpaired) electrons. The van der Waals surface area contributed by atoms with Crippen molar-refractivity contribution in [3.05, 3.63) is 72.1 Å². The fourth-order valence-electron chi connectivity index (χ4n) is 3.40. The quantitative estimate of drug-likeness (QED) is 0.621. The SMILES string of the molecule is O=C(OC(C(=O)N1CCCCC1)c1ccccc1)c1cccc(-n2cnnn2)c1. The van der Waals surface area contributed by atoms with Gasteiger partial charge in [0.25, 0.3) is 5.91 Å². The molecule has 8 nitrogen and oxygen atoms in total. The molecule has 1 aliphatic rings. The average Bonchev–Trinajstić information content (AvgIpc) is 3.33. The summed E-state index contributed by atoms with van der Waals surface area (Å²) in [6.45, 7) is 1.38. The van der Waals surface area contributed by atoms with Crippen LogP contribution >= 0.6 is 0 Å². The first-order valence-electron chi connectivity index (χ1n) is 9.60. The second-order valence-corrected chi connectivity index (χ2v) is 6.89. The lowest BCUT2D eigenvalue weighted by molar-refractivity contribution is -0.142. The van der Waals surface area contributed by atoms with Gasteiger partial charge in [-0.05, 0) is 47.9 Å². The predicted molar refractivity (Wildman–Crippen MR) is 104 cm³/mol. The molecule has 0 bridgehead atoms. The summed E-state index contributed by atoms with van der Waals surface area (Å²) in [4.78, 5) is 27.8. The highest BCUT2D eigenvalue weighted by molar-refractivity contribution is 5.93. The predicted octanol–water partition coefficient (Wildman–Crippen LogP) is 2.57. The van der Waals surface area contributed by atoms with Crippen molar-refractivity contribution < 1.29 is 14.3 Å². The summed E-state index contributed by atoms with van der Waals surface area (Å²) >= 11 is 0. The highest BCUT2D eigenvalue weighted by Gasteiger charge is 2.30. The van der Waals surface area contributed by atoms with E-state index in [0.29, 0.717) is 29.9 Å². The monoisotopic (exact) mass is 391 g/mol. The molecule has 1 aliphatic heterocycles. The van der Waals surface area contributed by atoms with E-state index in [1.54, 1.807) is 41.3 Å². The van der Waals surface area contributed by atoms with Gasteiger partial charge in [0.1, 0.15) is 6.33 Å². The fraction of sp³-hybridized carbons (Fsp3) is 0.286. The molecule has 1 aromatic heterocycles. The van der Waals surface area contributed by atoms with Gasteiger partial charge in [0.05, 0.1) is 11.3 Å². The first-order chi connectivity index (χ1) is 14.2. The number of benzene rings is 2. The van der Waals surface area contributed by atoms with E-state index in [1.165, 1.54) is 11.0 Å². The number of carbonyl (C=O) groups excluding carboxylic acids is 2. The van der Waals surface area contributed by atoms with Crippen molar-refractivity contribution in [2.24, 2.45) is 0 Å². The Morgan fingerprint density at radius 1 is 0.966 bits per heavy atom. The maximum absolute atomic E-state index is 13.1. The van der Waals surface area contributed by atoms with Gasteiger partial charge in [0.15, 0.2) is 0 Å². The van der Waals surface area contributed by atoms with Crippen molar-refractivity contribution in [3.8, 4) is 5.69 Å². The number of likely N-dealkylation sites (tertiary alicyclic amines) is 1. The summed E-state index contributed by atoms with van der Waals surface area (Å²) < 4.78 is 7.17. The van der Waals surface area contributed by atoms with E-state index in [0.717, 1.165) is 19.3 Å². The summed E-state index contributed by atoms with van der Waals surface area (Å²) in [6, 6.07) is 15.9. The smallest absolute Gasteiger partial charge is 0.339 e. The van der Waals surface area contributed by atoms with E-state index in [1.807, 2.05) is 18.2 Å². The van der Waals surface area contributed by atoms with Crippen LogP contribution in [0.4, 0.5) is 0 Å². The van der Waals surface area contributed by atoms with E-state index in [9.17, 15) is 9.59 Å². The number of aromatic nitrogens is 4. The Balaban J connectivity index is 1.58. The lowest BCUT2D eigenvalue weighted by Gasteiger charge is -2.30. The minimum absolute atomic E-state index is 0.180. The average molecular weight is 391 g/mol. The van der Waals surface area contributed by atoms with Crippen LogP contribution in [0.25, 0.3) is 5.69 Å². The highest BCUT2D eigenvalue weighted by atomic mass is 16.5. The van der Waals surface area contributed by atoms with Crippen molar-refractivity contribution in [2.75, 3.05) is 13.1 Å². The van der Waals surface area contributed by atoms with Crippen LogP contribution in [0.5, 0.6) is 0 Å². The van der Waals surface area contributed by atoms with Gasteiger partial charge in [-0.25, -0.2) is 9.48 Å². The van der Waals surface area contributed by atoms with Crippen molar-refractivity contribution in [2.45, 2.75) is 25.4 Å². The summed E-state index contributed by atoms with van der Waals surface area (Å²) in [5, 5.41) is 11.0. The molecule has 3 aromatic rings. The number of nitrogens with zero attached hydrogens (tertiary/aromatic N) is 5. The standard InChI is InChI=1S/C21H21N5O3/c27-20(25-12-5-2-6-13-25)19(16-8-3-1-4-9-16)29-21(28)17-10-7-11-18(14-17)26-15-22-23-24-26/h1,3-4,7-11,14-15,19H,2,5-6,12-13H2. The third-order valence-corrected chi connectivity index (χ3v) is 4.91. The second-order valence-electron chi connectivity index (χ2n) is 6.89. The third kappa shape index (κ3) is 4.31. The van der Waals surface area contributed by atoms with Gasteiger partial charge >= 0.3 is 5.97 Å². The number of ether oxygens (including phenoxy) is 1. The molecule has 4 rings (SSSR count). The molecule has 2 aromatic carbocycles. The van der Waals surface area contributed by atoms with Crippen LogP contribution in [-0.4, -0.2) is 50.1 Å². The maximum Gasteiger partial charge on any atom is 0.339 e. The molecule has 148 valence electrons. The van der Waals surface area contributed by atoms with Crippen molar-refractivity contribution >= 4 is 11.9 Å². The van der Waals surface area contributed by atoms with Crippen LogP contribution in [0.3, 0.4) is 0 Å². The number of hydrogen-bond acceptors (Lipinski definition) is 6. The summed E-state index contributed by atoms with van der Waals surface area (Å²) in [5.74, 6) is -0.750. The molecule has 1 fully saturated rings. The molecule has 1 atom stereocenters. The van der Waals surface area contributed by atoms with Crippen LogP contribution in [-0.2, 0) is 9.53 Å². The topological polar surface area (TPSA) is 90.2 Å². The number of rotatable bonds is 5. The molecular weight excluding hydrogens is 370 g/mol. The summed E-state index contributed by atoms with van der Waals surface area (Å²) in [5.41, 5.74) is 1.61. The number of esters is 1. The minimum Gasteiger partial charge on any atom is -0.444 e. The molecular formula is C21H21N5O3. The number of carbonyl (C=O) groups is 2. The van der Waals surface area contributed by atoms with Crippen LogP contribution in [0.2, 0.25) is 0 Å². The van der Waals surface area contributed by atoms with E-state index in [-0.39, 0.29) is 5.91 Å². The molecule has 0 aliphatic carbocycles. The second kappa shape index (κ2) is 8.64. The number of piperidine rings is 1. The van der Waals surface area contributed by atoms with E-state index in [4.69, 9.17) is 4.74 Å². The van der Waals surface area contributed by atoms with Gasteiger partial charge in [0.2, 0.25) is 6.10 Å². The highest BCUT2D eigenvalue weighted by Crippen LogP contribution is 2.24. The Morgan fingerprint density at radius 3 is 2.48 bits per heavy atom. The van der Waals surface area contributed by atoms with E-state index in [2.05, 4.69) is 15.5 Å². The summed E-state index contributed by atoms with van der Waals surface area (Å²) in [6.07, 6.45) is 3.52. The molecule has 1 unspecified atom stereocenters. The number of amides is 1. The molecule has 1 amide bonds. The minimum atomic E-state index is -0.974. The van der Waals surface area contributed by atoms with Gasteiger partial charge in [-0.2, -0.15) is 0 Å². The lowest BCUT2D eigenvalue weighted by atomic mass is 10.1. The van der Waals surface area contributed by atoms with Crippen molar-refractivity contribution in [1.82, 2.24) is 25.1 Å². The van der Waals surface area contributed by atoms with Crippen molar-refractivity contribution in [1.29, 1.82) is 0 Å². The van der Waals surface area contributed by atoms with Crippen LogP contribution in [0, 0.1) is 0 Å². The lowest BCUT2D eigenvalue weighted by Crippen LogP contribution is -2.40. The van der Waals surface area contributed by atoms with Crippen molar-refractivity contribution in [3.63, 3.8) is 0 Å². The Morgan fingerprint density at radius 2 is 1.76 bits per heavy atom. The first-order valence-corrected chi connectivity index (χ1v) is 9.60. The molecule has 2 heterocycles. The zero-order valence-corrected chi connectivity index (χ0v) is 15.8. The Hall–Kier alpha value is -3.55. The zero-order valence-electron chi connectivity index (χ0n) is 15.8. The molecule has 0 spiro atoms. The van der Waals surface area contributed by atoms with Crippen LogP contribution in [0.1, 0.15) is 41.3 Å². The number of hydrogen-bond donors (Lipinski definition) is 0. The molecule has 8 heteroatoms. The molecule has 0 saturated carbocycles. The first kappa shape index (κ1) is 18.8. The largest absolute Gasteiger partial charge is 0.444 e. The molecule has 1 saturated heterocycles. The summed E-state index contributed by atoms with van der Waals surface area (Å²) in [7, 11) is 0. The maximum atomic E-state index is 13.1.